The Balaban J connectivity index is 2.29. The van der Waals surface area contributed by atoms with Crippen LogP contribution in [0, 0.1) is 0 Å². The van der Waals surface area contributed by atoms with E-state index in [1.165, 1.54) is 11.3 Å². The maximum Gasteiger partial charge on any atom is 0.191 e. The summed E-state index contributed by atoms with van der Waals surface area (Å²) in [5, 5.41) is 14.2. The molecule has 0 amide bonds. The monoisotopic (exact) mass is 301 g/mol. The lowest BCUT2D eigenvalue weighted by atomic mass is 9.88. The Kier molecular flexibility index (Phi) is 2.94. The van der Waals surface area contributed by atoms with Crippen LogP contribution in [0.5, 0.6) is 0 Å². The summed E-state index contributed by atoms with van der Waals surface area (Å²) in [5.41, 5.74) is 0.607. The van der Waals surface area contributed by atoms with E-state index in [1.54, 1.807) is 6.92 Å². The highest BCUT2D eigenvalue weighted by Crippen LogP contribution is 2.41. The fraction of sp³-hybridized carbons (Fsp3) is 0.364. The van der Waals surface area contributed by atoms with Crippen LogP contribution in [0.3, 0.4) is 0 Å². The topological polar surface area (TPSA) is 41.8 Å². The molecule has 16 heavy (non-hydrogen) atoms. The number of rotatable bonds is 2. The van der Waals surface area contributed by atoms with Crippen LogP contribution in [-0.4, -0.2) is 16.4 Å². The summed E-state index contributed by atoms with van der Waals surface area (Å²) in [7, 11) is 0. The van der Waals surface area contributed by atoms with Crippen molar-refractivity contribution >= 4 is 33.0 Å². The third kappa shape index (κ3) is 1.73. The van der Waals surface area contributed by atoms with Crippen molar-refractivity contribution in [2.45, 2.75) is 25.6 Å². The van der Waals surface area contributed by atoms with Crippen LogP contribution < -0.4 is 0 Å². The van der Waals surface area contributed by atoms with Gasteiger partial charge in [-0.25, -0.2) is 0 Å². The molecule has 1 N–H and O–H groups in total. The van der Waals surface area contributed by atoms with Gasteiger partial charge >= 0.3 is 0 Å². The summed E-state index contributed by atoms with van der Waals surface area (Å²) in [6, 6.07) is 3.77. The zero-order chi connectivity index (χ0) is 11.9. The molecule has 0 aliphatic carbocycles. The molecule has 0 unspecified atom stereocenters. The van der Waals surface area contributed by atoms with Crippen molar-refractivity contribution in [3.63, 3.8) is 0 Å². The predicted octanol–water partition coefficient (Wildman–Crippen LogP) is 3.27. The molecule has 1 aromatic rings. The van der Waals surface area contributed by atoms with Gasteiger partial charge in [0.2, 0.25) is 0 Å². The van der Waals surface area contributed by atoms with Crippen molar-refractivity contribution in [2.75, 3.05) is 0 Å². The number of hydrogen-bond donors (Lipinski definition) is 1. The SMILES string of the molecule is C=C1C(C)=NO[C@@]1(C)[C@@H](O)c1ccc(Br)s1. The first-order valence-electron chi connectivity index (χ1n) is 4.81. The summed E-state index contributed by atoms with van der Waals surface area (Å²) in [6.45, 7) is 7.54. The molecule has 0 saturated carbocycles. The van der Waals surface area contributed by atoms with Crippen LogP contribution in [0.25, 0.3) is 0 Å². The first-order chi connectivity index (χ1) is 7.45. The van der Waals surface area contributed by atoms with Crippen molar-refractivity contribution in [3.05, 3.63) is 32.9 Å². The van der Waals surface area contributed by atoms with E-state index in [9.17, 15) is 5.11 Å². The highest BCUT2D eigenvalue weighted by atomic mass is 79.9. The molecule has 86 valence electrons. The standard InChI is InChI=1S/C11H12BrNO2S/c1-6-7(2)13-15-11(6,3)10(14)8-4-5-9(12)16-8/h4-5,10,14H,1H2,2-3H3/t10-,11+/m0/s1. The number of aliphatic hydroxyl groups excluding tert-OH is 1. The molecular formula is C11H12BrNO2S. The van der Waals surface area contributed by atoms with Gasteiger partial charge in [-0.1, -0.05) is 11.7 Å². The van der Waals surface area contributed by atoms with E-state index in [0.29, 0.717) is 0 Å². The van der Waals surface area contributed by atoms with Gasteiger partial charge in [-0.2, -0.15) is 0 Å². The minimum absolute atomic E-state index is 0.726. The average molecular weight is 302 g/mol. The van der Waals surface area contributed by atoms with Gasteiger partial charge in [0.05, 0.1) is 9.50 Å². The fourth-order valence-electron chi connectivity index (χ4n) is 1.59. The lowest BCUT2D eigenvalue weighted by molar-refractivity contribution is -0.0732. The van der Waals surface area contributed by atoms with Gasteiger partial charge in [0.25, 0.3) is 0 Å². The summed E-state index contributed by atoms with van der Waals surface area (Å²) < 4.78 is 0.978. The number of halogens is 1. The van der Waals surface area contributed by atoms with Gasteiger partial charge in [0.1, 0.15) is 6.10 Å². The van der Waals surface area contributed by atoms with Gasteiger partial charge in [-0.15, -0.1) is 11.3 Å². The third-order valence-corrected chi connectivity index (χ3v) is 4.47. The second-order valence-corrected chi connectivity index (χ2v) is 6.39. The maximum absolute atomic E-state index is 10.3. The number of nitrogens with zero attached hydrogens (tertiary/aromatic N) is 1. The molecule has 0 aromatic carbocycles. The van der Waals surface area contributed by atoms with Crippen molar-refractivity contribution in [2.24, 2.45) is 5.16 Å². The summed E-state index contributed by atoms with van der Waals surface area (Å²) in [5.74, 6) is 0. The Hall–Kier alpha value is -0.650. The van der Waals surface area contributed by atoms with Gasteiger partial charge < -0.3 is 9.94 Å². The largest absolute Gasteiger partial charge is 0.383 e. The van der Waals surface area contributed by atoms with Crippen molar-refractivity contribution in [1.82, 2.24) is 0 Å². The first kappa shape index (κ1) is 11.8. The summed E-state index contributed by atoms with van der Waals surface area (Å²) >= 11 is 4.85. The number of aliphatic hydroxyl groups is 1. The van der Waals surface area contributed by atoms with Gasteiger partial charge in [0.15, 0.2) is 5.60 Å². The molecule has 1 aliphatic rings. The smallest absolute Gasteiger partial charge is 0.191 e. The van der Waals surface area contributed by atoms with E-state index < -0.39 is 11.7 Å². The second kappa shape index (κ2) is 3.98. The Morgan fingerprint density at radius 1 is 1.62 bits per heavy atom. The summed E-state index contributed by atoms with van der Waals surface area (Å²) in [6.07, 6.45) is -0.752. The van der Waals surface area contributed by atoms with E-state index in [2.05, 4.69) is 27.7 Å². The molecule has 0 bridgehead atoms. The lowest BCUT2D eigenvalue weighted by Crippen LogP contribution is -2.34. The van der Waals surface area contributed by atoms with Crippen LogP contribution in [0.1, 0.15) is 24.8 Å². The fourth-order valence-corrected chi connectivity index (χ4v) is 3.12. The number of thiophene rings is 1. The Labute approximate surface area is 107 Å². The Bertz CT molecular complexity index is 468. The van der Waals surface area contributed by atoms with E-state index in [0.717, 1.165) is 19.9 Å². The third-order valence-electron chi connectivity index (χ3n) is 2.79. The second-order valence-electron chi connectivity index (χ2n) is 3.90. The minimum Gasteiger partial charge on any atom is -0.383 e. The van der Waals surface area contributed by atoms with Crippen LogP contribution in [0.15, 0.2) is 33.2 Å². The molecule has 0 saturated heterocycles. The van der Waals surface area contributed by atoms with Crippen LogP contribution >= 0.6 is 27.3 Å². The normalized spacial score (nSPS) is 26.5. The first-order valence-corrected chi connectivity index (χ1v) is 6.42. The van der Waals surface area contributed by atoms with E-state index in [-0.39, 0.29) is 0 Å². The molecule has 2 atom stereocenters. The van der Waals surface area contributed by atoms with Crippen LogP contribution in [0.4, 0.5) is 0 Å². The quantitative estimate of drug-likeness (QED) is 0.911. The van der Waals surface area contributed by atoms with Crippen molar-refractivity contribution in [3.8, 4) is 0 Å². The minimum atomic E-state index is -0.853. The molecular weight excluding hydrogens is 290 g/mol. The Morgan fingerprint density at radius 3 is 2.75 bits per heavy atom. The molecule has 3 nitrogen and oxygen atoms in total. The molecule has 2 rings (SSSR count). The van der Waals surface area contributed by atoms with Gasteiger partial charge in [0, 0.05) is 10.5 Å². The van der Waals surface area contributed by atoms with Crippen LogP contribution in [0.2, 0.25) is 0 Å². The Morgan fingerprint density at radius 2 is 2.31 bits per heavy atom. The van der Waals surface area contributed by atoms with E-state index in [1.807, 2.05) is 19.1 Å². The number of hydrogen-bond acceptors (Lipinski definition) is 4. The molecule has 0 radical (unpaired) electrons. The highest BCUT2D eigenvalue weighted by molar-refractivity contribution is 9.11. The molecule has 5 heteroatoms. The van der Waals surface area contributed by atoms with E-state index >= 15 is 0 Å². The number of oxime groups is 1. The molecule has 0 fully saturated rings. The lowest BCUT2D eigenvalue weighted by Gasteiger charge is -2.28. The molecule has 2 heterocycles. The predicted molar refractivity (Wildman–Crippen MR) is 68.7 cm³/mol. The zero-order valence-corrected chi connectivity index (χ0v) is 11.4. The van der Waals surface area contributed by atoms with Crippen molar-refractivity contribution < 1.29 is 9.94 Å². The highest BCUT2D eigenvalue weighted by Gasteiger charge is 2.45. The average Bonchev–Trinajstić information content (AvgIpc) is 2.78. The van der Waals surface area contributed by atoms with E-state index in [4.69, 9.17) is 4.84 Å². The van der Waals surface area contributed by atoms with Gasteiger partial charge in [-0.3, -0.25) is 0 Å². The molecule has 1 aromatic heterocycles. The zero-order valence-electron chi connectivity index (χ0n) is 9.03. The molecule has 0 spiro atoms. The van der Waals surface area contributed by atoms with Gasteiger partial charge in [-0.05, 0) is 41.9 Å². The molecule has 1 aliphatic heterocycles. The van der Waals surface area contributed by atoms with Crippen molar-refractivity contribution in [1.29, 1.82) is 0 Å². The summed E-state index contributed by atoms with van der Waals surface area (Å²) in [4.78, 5) is 6.15. The van der Waals surface area contributed by atoms with Crippen LogP contribution in [-0.2, 0) is 4.84 Å². The maximum atomic E-state index is 10.3.